The lowest BCUT2D eigenvalue weighted by Gasteiger charge is -2.15. The largest absolute Gasteiger partial charge is 0.494 e. The smallest absolute Gasteiger partial charge is 0.253 e. The Labute approximate surface area is 126 Å². The number of carbonyl (C=O) groups excluding carboxylic acids is 1. The molecule has 5 heteroatoms. The Hall–Kier alpha value is -1.75. The molecule has 0 fully saturated rings. The maximum Gasteiger partial charge on any atom is 0.253 e. The van der Waals surface area contributed by atoms with Crippen LogP contribution in [0.4, 0.5) is 11.4 Å². The van der Waals surface area contributed by atoms with E-state index in [-0.39, 0.29) is 5.91 Å². The molecule has 3 N–H and O–H groups in total. The second-order valence-corrected chi connectivity index (χ2v) is 5.02. The quantitative estimate of drug-likeness (QED) is 0.542. The molecule has 0 heterocycles. The van der Waals surface area contributed by atoms with Crippen molar-refractivity contribution in [3.05, 3.63) is 18.2 Å². The number of hydrogen-bond donors (Lipinski definition) is 2. The summed E-state index contributed by atoms with van der Waals surface area (Å²) in [6.07, 6.45) is 4.01. The van der Waals surface area contributed by atoms with E-state index in [0.717, 1.165) is 12.8 Å². The van der Waals surface area contributed by atoms with Gasteiger partial charge in [0.2, 0.25) is 0 Å². The molecule has 1 unspecified atom stereocenters. The maximum absolute atomic E-state index is 12.1. The van der Waals surface area contributed by atoms with E-state index < -0.39 is 6.10 Å². The first-order valence-corrected chi connectivity index (χ1v) is 7.44. The molecule has 0 aliphatic rings. The fraction of sp³-hybridized carbons (Fsp3) is 0.562. The second kappa shape index (κ2) is 9.23. The number of nitrogens with one attached hydrogen (secondary N) is 1. The highest BCUT2D eigenvalue weighted by molar-refractivity contribution is 5.95. The summed E-state index contributed by atoms with van der Waals surface area (Å²) in [5.74, 6) is 0.354. The van der Waals surface area contributed by atoms with Gasteiger partial charge in [0, 0.05) is 18.4 Å². The third-order valence-electron chi connectivity index (χ3n) is 3.22. The molecule has 0 radical (unpaired) electrons. The number of amides is 1. The predicted molar refractivity (Wildman–Crippen MR) is 85.6 cm³/mol. The normalized spacial score (nSPS) is 12.0. The van der Waals surface area contributed by atoms with Crippen molar-refractivity contribution in [1.82, 2.24) is 0 Å². The van der Waals surface area contributed by atoms with E-state index >= 15 is 0 Å². The number of ether oxygens (including phenoxy) is 2. The highest BCUT2D eigenvalue weighted by Gasteiger charge is 2.15. The topological polar surface area (TPSA) is 73.6 Å². The zero-order chi connectivity index (χ0) is 15.7. The molecule has 1 aromatic carbocycles. The van der Waals surface area contributed by atoms with Gasteiger partial charge in [0.15, 0.2) is 0 Å². The van der Waals surface area contributed by atoms with Gasteiger partial charge in [-0.1, -0.05) is 26.2 Å². The number of carbonyl (C=O) groups is 1. The van der Waals surface area contributed by atoms with E-state index in [1.54, 1.807) is 25.1 Å². The van der Waals surface area contributed by atoms with Crippen LogP contribution < -0.4 is 15.8 Å². The van der Waals surface area contributed by atoms with E-state index in [0.29, 0.717) is 23.7 Å². The molecule has 1 amide bonds. The minimum atomic E-state index is -0.492. The zero-order valence-corrected chi connectivity index (χ0v) is 13.1. The predicted octanol–water partition coefficient (Wildman–Crippen LogP) is 3.20. The highest BCUT2D eigenvalue weighted by atomic mass is 16.5. The van der Waals surface area contributed by atoms with Crippen LogP contribution in [0.25, 0.3) is 0 Å². The molecule has 0 saturated heterocycles. The molecule has 0 aliphatic heterocycles. The summed E-state index contributed by atoms with van der Waals surface area (Å²) < 4.78 is 10.7. The first-order chi connectivity index (χ1) is 10.1. The first-order valence-electron chi connectivity index (χ1n) is 7.44. The summed E-state index contributed by atoms with van der Waals surface area (Å²) in [5.41, 5.74) is 6.87. The third kappa shape index (κ3) is 6.04. The van der Waals surface area contributed by atoms with Gasteiger partial charge >= 0.3 is 0 Å². The molecule has 0 saturated carbocycles. The van der Waals surface area contributed by atoms with Gasteiger partial charge in [0.25, 0.3) is 5.91 Å². The van der Waals surface area contributed by atoms with Crippen molar-refractivity contribution in [2.45, 2.75) is 45.6 Å². The molecule has 1 rings (SSSR count). The number of benzene rings is 1. The van der Waals surface area contributed by atoms with Gasteiger partial charge in [-0.15, -0.1) is 0 Å². The van der Waals surface area contributed by atoms with E-state index in [9.17, 15) is 4.79 Å². The van der Waals surface area contributed by atoms with Crippen LogP contribution >= 0.6 is 0 Å². The Balaban J connectivity index is 2.45. The van der Waals surface area contributed by atoms with Crippen LogP contribution in [-0.2, 0) is 9.53 Å². The van der Waals surface area contributed by atoms with E-state index in [1.165, 1.54) is 20.0 Å². The van der Waals surface area contributed by atoms with Gasteiger partial charge < -0.3 is 20.5 Å². The average molecular weight is 294 g/mol. The van der Waals surface area contributed by atoms with Crippen molar-refractivity contribution in [2.75, 3.05) is 24.8 Å². The molecular formula is C16H26N2O3. The van der Waals surface area contributed by atoms with E-state index in [1.807, 2.05) is 0 Å². The fourth-order valence-corrected chi connectivity index (χ4v) is 1.91. The maximum atomic E-state index is 12.1. The van der Waals surface area contributed by atoms with Crippen LogP contribution in [-0.4, -0.2) is 25.7 Å². The van der Waals surface area contributed by atoms with Crippen molar-refractivity contribution in [2.24, 2.45) is 0 Å². The molecule has 1 atom stereocenters. The average Bonchev–Trinajstić information content (AvgIpc) is 2.48. The number of methoxy groups -OCH3 is 1. The second-order valence-electron chi connectivity index (χ2n) is 5.02. The zero-order valence-electron chi connectivity index (χ0n) is 13.1. The van der Waals surface area contributed by atoms with Crippen LogP contribution in [0.1, 0.15) is 39.5 Å². The number of unbranched alkanes of at least 4 members (excludes halogenated alkanes) is 3. The van der Waals surface area contributed by atoms with Crippen LogP contribution in [0.2, 0.25) is 0 Å². The lowest BCUT2D eigenvalue weighted by atomic mass is 10.2. The first kappa shape index (κ1) is 17.3. The Morgan fingerprint density at radius 3 is 2.76 bits per heavy atom. The lowest BCUT2D eigenvalue weighted by Crippen LogP contribution is -2.28. The minimum Gasteiger partial charge on any atom is -0.494 e. The lowest BCUT2D eigenvalue weighted by molar-refractivity contribution is -0.126. The summed E-state index contributed by atoms with van der Waals surface area (Å²) in [5, 5.41) is 2.80. The van der Waals surface area contributed by atoms with Gasteiger partial charge in [-0.05, 0) is 25.5 Å². The van der Waals surface area contributed by atoms with Crippen molar-refractivity contribution in [1.29, 1.82) is 0 Å². The molecular weight excluding hydrogens is 268 g/mol. The van der Waals surface area contributed by atoms with Crippen LogP contribution in [0.3, 0.4) is 0 Å². The van der Waals surface area contributed by atoms with Crippen LogP contribution in [0.5, 0.6) is 5.75 Å². The number of rotatable bonds is 9. The van der Waals surface area contributed by atoms with E-state index in [2.05, 4.69) is 12.2 Å². The number of nitrogen functional groups attached to an aromatic ring is 1. The van der Waals surface area contributed by atoms with E-state index in [4.69, 9.17) is 15.2 Å². The minimum absolute atomic E-state index is 0.187. The van der Waals surface area contributed by atoms with Crippen molar-refractivity contribution in [3.8, 4) is 5.75 Å². The summed E-state index contributed by atoms with van der Waals surface area (Å²) in [4.78, 5) is 12.1. The van der Waals surface area contributed by atoms with Crippen molar-refractivity contribution < 1.29 is 14.3 Å². The Bertz CT molecular complexity index is 449. The van der Waals surface area contributed by atoms with Crippen molar-refractivity contribution in [3.63, 3.8) is 0 Å². The Morgan fingerprint density at radius 2 is 2.10 bits per heavy atom. The molecule has 5 nitrogen and oxygen atoms in total. The highest BCUT2D eigenvalue weighted by Crippen LogP contribution is 2.26. The Morgan fingerprint density at radius 1 is 1.33 bits per heavy atom. The number of hydrogen-bond acceptors (Lipinski definition) is 4. The summed E-state index contributed by atoms with van der Waals surface area (Å²) in [6.45, 7) is 4.52. The molecule has 21 heavy (non-hydrogen) atoms. The van der Waals surface area contributed by atoms with Crippen LogP contribution in [0, 0.1) is 0 Å². The third-order valence-corrected chi connectivity index (χ3v) is 3.22. The summed E-state index contributed by atoms with van der Waals surface area (Å²) in [7, 11) is 1.54. The van der Waals surface area contributed by atoms with Gasteiger partial charge in [0.05, 0.1) is 12.8 Å². The molecule has 0 aliphatic carbocycles. The molecule has 0 aromatic heterocycles. The van der Waals surface area contributed by atoms with Gasteiger partial charge in [0.1, 0.15) is 11.9 Å². The van der Waals surface area contributed by atoms with Crippen molar-refractivity contribution >= 4 is 17.3 Å². The molecule has 0 bridgehead atoms. The number of nitrogens with two attached hydrogens (primary N) is 1. The molecule has 1 aromatic rings. The summed E-state index contributed by atoms with van der Waals surface area (Å²) in [6, 6.07) is 5.11. The number of anilines is 2. The Kier molecular flexibility index (Phi) is 7.61. The molecule has 118 valence electrons. The monoisotopic (exact) mass is 294 g/mol. The SMILES string of the molecule is CCCCCCOC(C)C(=O)Nc1ccc(N)cc1OC. The van der Waals surface area contributed by atoms with Gasteiger partial charge in [-0.2, -0.15) is 0 Å². The standard InChI is InChI=1S/C16H26N2O3/c1-4-5-6-7-10-21-12(2)16(19)18-14-9-8-13(17)11-15(14)20-3/h8-9,11-12H,4-7,10,17H2,1-3H3,(H,18,19). The van der Waals surface area contributed by atoms with Crippen LogP contribution in [0.15, 0.2) is 18.2 Å². The van der Waals surface area contributed by atoms with Gasteiger partial charge in [-0.25, -0.2) is 0 Å². The van der Waals surface area contributed by atoms with Gasteiger partial charge in [-0.3, -0.25) is 4.79 Å². The summed E-state index contributed by atoms with van der Waals surface area (Å²) >= 11 is 0. The fourth-order valence-electron chi connectivity index (χ4n) is 1.91. The molecule has 0 spiro atoms.